The quantitative estimate of drug-likeness (QED) is 0.408. The third-order valence-corrected chi connectivity index (χ3v) is 5.94. The van der Waals surface area contributed by atoms with Crippen molar-refractivity contribution in [2.24, 2.45) is 0 Å². The summed E-state index contributed by atoms with van der Waals surface area (Å²) in [5.41, 5.74) is 3.94. The molecular formula is C22H23FN6OS. The Labute approximate surface area is 183 Å². The SMILES string of the molecule is CC(C)c1ccc(-n2nnnc2SCC(=O)NCCc2c[nH]c3ccc(F)cc23)cc1. The van der Waals surface area contributed by atoms with Crippen molar-refractivity contribution in [2.75, 3.05) is 12.3 Å². The number of nitrogens with one attached hydrogen (secondary N) is 2. The molecule has 0 saturated carbocycles. The number of tetrazole rings is 1. The Kier molecular flexibility index (Phi) is 6.31. The zero-order chi connectivity index (χ0) is 21.8. The van der Waals surface area contributed by atoms with Crippen molar-refractivity contribution >= 4 is 28.6 Å². The van der Waals surface area contributed by atoms with Crippen LogP contribution in [0.4, 0.5) is 4.39 Å². The minimum absolute atomic E-state index is 0.110. The molecule has 0 radical (unpaired) electrons. The van der Waals surface area contributed by atoms with Crippen LogP contribution in [-0.2, 0) is 11.2 Å². The van der Waals surface area contributed by atoms with Crippen LogP contribution in [0.25, 0.3) is 16.6 Å². The number of carbonyl (C=O) groups excluding carboxylic acids is 1. The number of amides is 1. The summed E-state index contributed by atoms with van der Waals surface area (Å²) in [4.78, 5) is 15.4. The van der Waals surface area contributed by atoms with Gasteiger partial charge in [0.1, 0.15) is 5.82 Å². The second-order valence-corrected chi connectivity index (χ2v) is 8.45. The molecule has 0 unspecified atom stereocenters. The normalized spacial score (nSPS) is 11.4. The Morgan fingerprint density at radius 1 is 1.23 bits per heavy atom. The Balaban J connectivity index is 1.30. The lowest BCUT2D eigenvalue weighted by Crippen LogP contribution is -2.27. The van der Waals surface area contributed by atoms with E-state index in [4.69, 9.17) is 0 Å². The predicted octanol–water partition coefficient (Wildman–Crippen LogP) is 3.86. The van der Waals surface area contributed by atoms with E-state index in [9.17, 15) is 9.18 Å². The number of halogens is 1. The number of aromatic amines is 1. The van der Waals surface area contributed by atoms with Crippen molar-refractivity contribution in [1.82, 2.24) is 30.5 Å². The van der Waals surface area contributed by atoms with Crippen LogP contribution in [0.15, 0.2) is 53.8 Å². The van der Waals surface area contributed by atoms with Gasteiger partial charge in [-0.25, -0.2) is 4.39 Å². The van der Waals surface area contributed by atoms with E-state index < -0.39 is 0 Å². The zero-order valence-corrected chi connectivity index (χ0v) is 18.1. The first kappa shape index (κ1) is 21.0. The van der Waals surface area contributed by atoms with Crippen LogP contribution in [0.3, 0.4) is 0 Å². The van der Waals surface area contributed by atoms with Crippen molar-refractivity contribution in [2.45, 2.75) is 31.3 Å². The first-order valence-corrected chi connectivity index (χ1v) is 11.0. The lowest BCUT2D eigenvalue weighted by atomic mass is 10.0. The first-order chi connectivity index (χ1) is 15.0. The molecular weight excluding hydrogens is 415 g/mol. The molecule has 2 aromatic carbocycles. The minimum atomic E-state index is -0.273. The number of thioether (sulfide) groups is 1. The molecule has 4 aromatic rings. The number of hydrogen-bond acceptors (Lipinski definition) is 5. The summed E-state index contributed by atoms with van der Waals surface area (Å²) >= 11 is 1.28. The molecule has 0 bridgehead atoms. The molecule has 0 fully saturated rings. The lowest BCUT2D eigenvalue weighted by molar-refractivity contribution is -0.118. The highest BCUT2D eigenvalue weighted by molar-refractivity contribution is 7.99. The van der Waals surface area contributed by atoms with Crippen molar-refractivity contribution in [3.05, 3.63) is 65.6 Å². The molecule has 0 spiro atoms. The number of nitrogens with zero attached hydrogens (tertiary/aromatic N) is 4. The minimum Gasteiger partial charge on any atom is -0.361 e. The lowest BCUT2D eigenvalue weighted by Gasteiger charge is -2.08. The number of benzene rings is 2. The van der Waals surface area contributed by atoms with Gasteiger partial charge in [0, 0.05) is 23.6 Å². The van der Waals surface area contributed by atoms with Crippen LogP contribution in [-0.4, -0.2) is 43.4 Å². The fourth-order valence-corrected chi connectivity index (χ4v) is 4.03. The summed E-state index contributed by atoms with van der Waals surface area (Å²) in [5.74, 6) is 0.266. The van der Waals surface area contributed by atoms with Gasteiger partial charge >= 0.3 is 0 Å². The van der Waals surface area contributed by atoms with Gasteiger partial charge in [-0.3, -0.25) is 4.79 Å². The monoisotopic (exact) mass is 438 g/mol. The number of fused-ring (bicyclic) bond motifs is 1. The number of carbonyl (C=O) groups is 1. The van der Waals surface area contributed by atoms with E-state index in [1.165, 1.54) is 29.5 Å². The first-order valence-electron chi connectivity index (χ1n) is 10.0. The van der Waals surface area contributed by atoms with E-state index in [-0.39, 0.29) is 17.5 Å². The highest BCUT2D eigenvalue weighted by Gasteiger charge is 2.12. The summed E-state index contributed by atoms with van der Waals surface area (Å²) < 4.78 is 15.1. The van der Waals surface area contributed by atoms with Crippen LogP contribution >= 0.6 is 11.8 Å². The van der Waals surface area contributed by atoms with Gasteiger partial charge in [-0.15, -0.1) is 5.10 Å². The fraction of sp³-hybridized carbons (Fsp3) is 0.273. The molecule has 2 heterocycles. The molecule has 160 valence electrons. The number of H-pyrrole nitrogens is 1. The third kappa shape index (κ3) is 4.93. The van der Waals surface area contributed by atoms with Gasteiger partial charge in [-0.05, 0) is 64.2 Å². The van der Waals surface area contributed by atoms with Crippen molar-refractivity contribution < 1.29 is 9.18 Å². The van der Waals surface area contributed by atoms with Gasteiger partial charge in [0.2, 0.25) is 11.1 Å². The standard InChI is InChI=1S/C22H23FN6OS/c1-14(2)15-3-6-18(7-4-15)29-22(26-27-28-29)31-13-21(30)24-10-9-16-12-25-20-8-5-17(23)11-19(16)20/h3-8,11-12,14,25H,9-10,13H2,1-2H3,(H,24,30). The van der Waals surface area contributed by atoms with Crippen LogP contribution < -0.4 is 5.32 Å². The molecule has 0 aliphatic rings. The van der Waals surface area contributed by atoms with E-state index in [2.05, 4.69) is 51.8 Å². The largest absolute Gasteiger partial charge is 0.361 e. The Bertz CT molecular complexity index is 1180. The van der Waals surface area contributed by atoms with Crippen LogP contribution in [0.1, 0.15) is 30.9 Å². The van der Waals surface area contributed by atoms with E-state index in [1.54, 1.807) is 10.7 Å². The Morgan fingerprint density at radius 3 is 2.81 bits per heavy atom. The van der Waals surface area contributed by atoms with E-state index in [0.29, 0.717) is 24.0 Å². The van der Waals surface area contributed by atoms with Crippen molar-refractivity contribution in [3.63, 3.8) is 0 Å². The zero-order valence-electron chi connectivity index (χ0n) is 17.3. The van der Waals surface area contributed by atoms with Gasteiger partial charge in [0.05, 0.1) is 11.4 Å². The maximum atomic E-state index is 13.5. The molecule has 0 atom stereocenters. The van der Waals surface area contributed by atoms with Crippen molar-refractivity contribution in [3.8, 4) is 5.69 Å². The second-order valence-electron chi connectivity index (χ2n) is 7.51. The van der Waals surface area contributed by atoms with E-state index in [1.807, 2.05) is 18.3 Å². The van der Waals surface area contributed by atoms with Crippen LogP contribution in [0.5, 0.6) is 0 Å². The van der Waals surface area contributed by atoms with Gasteiger partial charge in [-0.2, -0.15) is 4.68 Å². The smallest absolute Gasteiger partial charge is 0.230 e. The van der Waals surface area contributed by atoms with Gasteiger partial charge in [0.25, 0.3) is 0 Å². The fourth-order valence-electron chi connectivity index (χ4n) is 3.31. The molecule has 2 N–H and O–H groups in total. The highest BCUT2D eigenvalue weighted by Crippen LogP contribution is 2.21. The maximum Gasteiger partial charge on any atom is 0.230 e. The van der Waals surface area contributed by atoms with E-state index >= 15 is 0 Å². The molecule has 4 rings (SSSR count). The number of aromatic nitrogens is 5. The Hall–Kier alpha value is -3.20. The average Bonchev–Trinajstić information content (AvgIpc) is 3.39. The number of rotatable bonds is 8. The second kappa shape index (κ2) is 9.30. The molecule has 7 nitrogen and oxygen atoms in total. The molecule has 9 heteroatoms. The van der Waals surface area contributed by atoms with Crippen molar-refractivity contribution in [1.29, 1.82) is 0 Å². The molecule has 1 amide bonds. The highest BCUT2D eigenvalue weighted by atomic mass is 32.2. The average molecular weight is 439 g/mol. The molecule has 0 aliphatic heterocycles. The predicted molar refractivity (Wildman–Crippen MR) is 119 cm³/mol. The summed E-state index contributed by atoms with van der Waals surface area (Å²) in [5, 5.41) is 16.1. The summed E-state index contributed by atoms with van der Waals surface area (Å²) in [6, 6.07) is 12.7. The molecule has 31 heavy (non-hydrogen) atoms. The van der Waals surface area contributed by atoms with Crippen LogP contribution in [0.2, 0.25) is 0 Å². The number of hydrogen-bond donors (Lipinski definition) is 2. The van der Waals surface area contributed by atoms with Crippen LogP contribution in [0, 0.1) is 5.82 Å². The topological polar surface area (TPSA) is 88.5 Å². The van der Waals surface area contributed by atoms with Gasteiger partial charge in [0.15, 0.2) is 0 Å². The van der Waals surface area contributed by atoms with Gasteiger partial charge in [-0.1, -0.05) is 37.7 Å². The third-order valence-electron chi connectivity index (χ3n) is 5.02. The molecule has 0 saturated heterocycles. The Morgan fingerprint density at radius 2 is 2.03 bits per heavy atom. The molecule has 2 aromatic heterocycles. The summed E-state index contributed by atoms with van der Waals surface area (Å²) in [7, 11) is 0. The molecule has 0 aliphatic carbocycles. The van der Waals surface area contributed by atoms with E-state index in [0.717, 1.165) is 22.2 Å². The summed E-state index contributed by atoms with van der Waals surface area (Å²) in [6.45, 7) is 4.75. The van der Waals surface area contributed by atoms with Gasteiger partial charge < -0.3 is 10.3 Å². The maximum absolute atomic E-state index is 13.5. The summed E-state index contributed by atoms with van der Waals surface area (Å²) in [6.07, 6.45) is 2.46.